The van der Waals surface area contributed by atoms with E-state index in [1.54, 1.807) is 20.8 Å². The second-order valence-electron chi connectivity index (χ2n) is 6.91. The topological polar surface area (TPSA) is 78.9 Å². The average Bonchev–Trinajstić information content (AvgIpc) is 2.66. The first kappa shape index (κ1) is 25.4. The summed E-state index contributed by atoms with van der Waals surface area (Å²) >= 11 is 0. The average molecular weight is 387 g/mol. The molecule has 0 aromatic heterocycles. The van der Waals surface area contributed by atoms with Crippen molar-refractivity contribution < 1.29 is 28.9 Å². The van der Waals surface area contributed by atoms with Crippen LogP contribution in [0.2, 0.25) is 0 Å². The van der Waals surface area contributed by atoms with Gasteiger partial charge in [0.05, 0.1) is 13.0 Å². The molecule has 6 nitrogen and oxygen atoms in total. The number of carbonyl (C=O) groups is 3. The summed E-state index contributed by atoms with van der Waals surface area (Å²) in [6, 6.07) is 0. The van der Waals surface area contributed by atoms with Crippen molar-refractivity contribution in [2.45, 2.75) is 105 Å². The number of ether oxygens (including phenoxy) is 1. The molecule has 0 spiro atoms. The first-order valence-corrected chi connectivity index (χ1v) is 10.6. The van der Waals surface area contributed by atoms with Crippen LogP contribution in [0.4, 0.5) is 0 Å². The van der Waals surface area contributed by atoms with Gasteiger partial charge in [-0.3, -0.25) is 4.79 Å². The molecule has 6 heteroatoms. The maximum Gasteiger partial charge on any atom is 0.372 e. The molecule has 0 saturated heterocycles. The number of carbonyl (C=O) groups excluding carboxylic acids is 3. The second kappa shape index (κ2) is 15.5. The Kier molecular flexibility index (Phi) is 14.6. The molecule has 0 heterocycles. The highest BCUT2D eigenvalue weighted by Crippen LogP contribution is 2.30. The third kappa shape index (κ3) is 9.78. The van der Waals surface area contributed by atoms with Crippen LogP contribution in [0.1, 0.15) is 105 Å². The maximum absolute atomic E-state index is 12.3. The Hall–Kier alpha value is -1.59. The van der Waals surface area contributed by atoms with E-state index in [0.29, 0.717) is 6.42 Å². The van der Waals surface area contributed by atoms with Gasteiger partial charge < -0.3 is 4.74 Å². The Bertz CT molecular complexity index is 428. The summed E-state index contributed by atoms with van der Waals surface area (Å²) in [7, 11) is 0. The minimum Gasteiger partial charge on any atom is -0.465 e. The number of unbranched alkanes of at least 4 members (excludes halogenated alkanes) is 8. The first-order chi connectivity index (χ1) is 13.0. The second-order valence-corrected chi connectivity index (χ2v) is 6.91. The van der Waals surface area contributed by atoms with Gasteiger partial charge >= 0.3 is 17.9 Å². The Morgan fingerprint density at radius 1 is 0.667 bits per heavy atom. The quantitative estimate of drug-likeness (QED) is 0.125. The van der Waals surface area contributed by atoms with Gasteiger partial charge in [-0.05, 0) is 26.2 Å². The highest BCUT2D eigenvalue weighted by molar-refractivity contribution is 5.99. The van der Waals surface area contributed by atoms with Crippen molar-refractivity contribution in [3.8, 4) is 0 Å². The molecule has 0 rings (SSSR count). The molecule has 0 unspecified atom stereocenters. The van der Waals surface area contributed by atoms with E-state index in [-0.39, 0.29) is 25.9 Å². The van der Waals surface area contributed by atoms with Crippen molar-refractivity contribution in [3.63, 3.8) is 0 Å². The van der Waals surface area contributed by atoms with Crippen molar-refractivity contribution in [1.82, 2.24) is 0 Å². The summed E-state index contributed by atoms with van der Waals surface area (Å²) in [6.45, 7) is 7.45. The number of rotatable bonds is 15. The molecule has 0 atom stereocenters. The number of hydrogen-bond donors (Lipinski definition) is 0. The van der Waals surface area contributed by atoms with Gasteiger partial charge in [0.2, 0.25) is 0 Å². The van der Waals surface area contributed by atoms with Gasteiger partial charge in [-0.1, -0.05) is 72.1 Å². The van der Waals surface area contributed by atoms with E-state index in [1.807, 2.05) is 0 Å². The van der Waals surface area contributed by atoms with E-state index in [4.69, 9.17) is 4.74 Å². The van der Waals surface area contributed by atoms with Gasteiger partial charge in [0, 0.05) is 0 Å². The van der Waals surface area contributed by atoms with Crippen LogP contribution in [0.3, 0.4) is 0 Å². The summed E-state index contributed by atoms with van der Waals surface area (Å²) in [6.07, 6.45) is 11.0. The highest BCUT2D eigenvalue weighted by atomic mass is 17.2. The van der Waals surface area contributed by atoms with E-state index in [0.717, 1.165) is 12.8 Å². The van der Waals surface area contributed by atoms with E-state index in [2.05, 4.69) is 16.7 Å². The molecule has 0 N–H and O–H groups in total. The molecule has 0 radical (unpaired) electrons. The van der Waals surface area contributed by atoms with Gasteiger partial charge in [-0.25, -0.2) is 19.4 Å². The van der Waals surface area contributed by atoms with Crippen LogP contribution in [0, 0.1) is 5.41 Å². The summed E-state index contributed by atoms with van der Waals surface area (Å²) in [5.41, 5.74) is -1.42. The van der Waals surface area contributed by atoms with Crippen molar-refractivity contribution in [2.75, 3.05) is 6.61 Å². The van der Waals surface area contributed by atoms with Gasteiger partial charge in [-0.15, -0.1) is 0 Å². The fourth-order valence-electron chi connectivity index (χ4n) is 2.97. The van der Waals surface area contributed by atoms with Crippen LogP contribution in [-0.2, 0) is 28.9 Å². The monoisotopic (exact) mass is 386 g/mol. The van der Waals surface area contributed by atoms with Crippen LogP contribution >= 0.6 is 0 Å². The lowest BCUT2D eigenvalue weighted by atomic mass is 9.82. The van der Waals surface area contributed by atoms with Crippen molar-refractivity contribution in [1.29, 1.82) is 0 Å². The largest absolute Gasteiger partial charge is 0.465 e. The van der Waals surface area contributed by atoms with Crippen LogP contribution in [0.15, 0.2) is 0 Å². The predicted octanol–water partition coefficient (Wildman–Crippen LogP) is 5.28. The lowest BCUT2D eigenvalue weighted by Crippen LogP contribution is -2.41. The minimum absolute atomic E-state index is 0.173. The normalized spacial score (nSPS) is 11.1. The fraction of sp³-hybridized carbons (Fsp3) is 0.857. The van der Waals surface area contributed by atoms with Gasteiger partial charge in [0.25, 0.3) is 0 Å². The number of esters is 1. The molecular formula is C21H38O6. The van der Waals surface area contributed by atoms with Crippen molar-refractivity contribution >= 4 is 17.9 Å². The standard InChI is InChI=1S/C21H38O6/c1-5-9-10-11-12-13-14-15-16-17-18(22)26-27-20(24)21(6-2,7-3)19(23)25-8-4/h5-17H2,1-4H3. The maximum atomic E-state index is 12.3. The lowest BCUT2D eigenvalue weighted by Gasteiger charge is -2.25. The summed E-state index contributed by atoms with van der Waals surface area (Å²) in [5, 5.41) is 0. The molecule has 158 valence electrons. The molecule has 0 bridgehead atoms. The van der Waals surface area contributed by atoms with E-state index < -0.39 is 23.3 Å². The lowest BCUT2D eigenvalue weighted by molar-refractivity contribution is -0.267. The summed E-state index contributed by atoms with van der Waals surface area (Å²) < 4.78 is 4.97. The van der Waals surface area contributed by atoms with Crippen LogP contribution in [-0.4, -0.2) is 24.5 Å². The molecular weight excluding hydrogens is 348 g/mol. The van der Waals surface area contributed by atoms with E-state index in [9.17, 15) is 14.4 Å². The van der Waals surface area contributed by atoms with Gasteiger partial charge in [0.15, 0.2) is 5.41 Å². The first-order valence-electron chi connectivity index (χ1n) is 10.6. The van der Waals surface area contributed by atoms with E-state index >= 15 is 0 Å². The van der Waals surface area contributed by atoms with Crippen LogP contribution < -0.4 is 0 Å². The molecule has 0 aromatic carbocycles. The third-order valence-corrected chi connectivity index (χ3v) is 4.96. The van der Waals surface area contributed by atoms with Gasteiger partial charge in [0.1, 0.15) is 0 Å². The van der Waals surface area contributed by atoms with Crippen LogP contribution in [0.5, 0.6) is 0 Å². The zero-order chi connectivity index (χ0) is 20.5. The molecule has 0 aromatic rings. The molecule has 0 saturated carbocycles. The SMILES string of the molecule is CCCCCCCCCCCC(=O)OOC(=O)C(CC)(CC)C(=O)OCC. The molecule has 0 fully saturated rings. The van der Waals surface area contributed by atoms with Crippen molar-refractivity contribution in [3.05, 3.63) is 0 Å². The third-order valence-electron chi connectivity index (χ3n) is 4.96. The smallest absolute Gasteiger partial charge is 0.372 e. The number of hydrogen-bond acceptors (Lipinski definition) is 6. The Labute approximate surface area is 164 Å². The zero-order valence-corrected chi connectivity index (χ0v) is 17.6. The fourth-order valence-corrected chi connectivity index (χ4v) is 2.97. The predicted molar refractivity (Wildman–Crippen MR) is 104 cm³/mol. The molecule has 27 heavy (non-hydrogen) atoms. The summed E-state index contributed by atoms with van der Waals surface area (Å²) in [4.78, 5) is 45.4. The van der Waals surface area contributed by atoms with E-state index in [1.165, 1.54) is 38.5 Å². The zero-order valence-electron chi connectivity index (χ0n) is 17.6. The molecule has 0 aliphatic carbocycles. The molecule has 0 aliphatic heterocycles. The molecule has 0 aliphatic rings. The summed E-state index contributed by atoms with van der Waals surface area (Å²) in [5.74, 6) is -2.10. The Balaban J connectivity index is 4.05. The Morgan fingerprint density at radius 2 is 1.19 bits per heavy atom. The highest BCUT2D eigenvalue weighted by Gasteiger charge is 2.47. The van der Waals surface area contributed by atoms with Crippen LogP contribution in [0.25, 0.3) is 0 Å². The van der Waals surface area contributed by atoms with Crippen molar-refractivity contribution in [2.24, 2.45) is 5.41 Å². The molecule has 0 amide bonds. The Morgan fingerprint density at radius 3 is 1.67 bits per heavy atom. The minimum atomic E-state index is -1.42. The van der Waals surface area contributed by atoms with Gasteiger partial charge in [-0.2, -0.15) is 0 Å².